The van der Waals surface area contributed by atoms with Crippen LogP contribution in [-0.2, 0) is 11.2 Å². The summed E-state index contributed by atoms with van der Waals surface area (Å²) in [5, 5.41) is 0. The smallest absolute Gasteiger partial charge is 0.135 e. The predicted molar refractivity (Wildman–Crippen MR) is 86.4 cm³/mol. The second kappa shape index (κ2) is 11.5. The van der Waals surface area contributed by atoms with E-state index in [0.29, 0.717) is 12.2 Å². The highest BCUT2D eigenvalue weighted by atomic mass is 16.5. The molecule has 0 atom stereocenters. The van der Waals surface area contributed by atoms with Crippen LogP contribution in [0.1, 0.15) is 59.4 Å². The van der Waals surface area contributed by atoms with Gasteiger partial charge in [-0.15, -0.1) is 0 Å². The van der Waals surface area contributed by atoms with Gasteiger partial charge in [0.25, 0.3) is 0 Å². The number of ether oxygens (including phenoxy) is 1. The third-order valence-corrected chi connectivity index (χ3v) is 2.90. The average Bonchev–Trinajstić information content (AvgIpc) is 2.47. The van der Waals surface area contributed by atoms with Crippen molar-refractivity contribution in [3.63, 3.8) is 0 Å². The summed E-state index contributed by atoms with van der Waals surface area (Å²) >= 11 is 0. The molecule has 0 N–H and O–H groups in total. The van der Waals surface area contributed by atoms with Crippen LogP contribution in [0.3, 0.4) is 0 Å². The first-order valence-corrected chi connectivity index (χ1v) is 7.88. The molecule has 0 unspecified atom stereocenters. The van der Waals surface area contributed by atoms with Crippen LogP contribution in [0, 0.1) is 5.92 Å². The van der Waals surface area contributed by atoms with Crippen molar-refractivity contribution in [3.8, 4) is 5.75 Å². The molecule has 0 spiro atoms. The van der Waals surface area contributed by atoms with E-state index in [-0.39, 0.29) is 5.92 Å². The Morgan fingerprint density at radius 3 is 2.55 bits per heavy atom. The van der Waals surface area contributed by atoms with Crippen LogP contribution in [0.5, 0.6) is 5.75 Å². The monoisotopic (exact) mass is 278 g/mol. The molecular weight excluding hydrogens is 248 g/mol. The van der Waals surface area contributed by atoms with Crippen molar-refractivity contribution in [1.82, 2.24) is 0 Å². The molecule has 0 aromatic heterocycles. The van der Waals surface area contributed by atoms with Crippen molar-refractivity contribution in [2.75, 3.05) is 6.61 Å². The number of carbonyl (C=O) groups excluding carboxylic acids is 1. The Balaban J connectivity index is 0.00000172. The van der Waals surface area contributed by atoms with Gasteiger partial charge >= 0.3 is 0 Å². The molecule has 0 saturated heterocycles. The van der Waals surface area contributed by atoms with Crippen LogP contribution in [0.25, 0.3) is 0 Å². The van der Waals surface area contributed by atoms with Crippen molar-refractivity contribution < 1.29 is 9.53 Å². The van der Waals surface area contributed by atoms with Crippen LogP contribution >= 0.6 is 0 Å². The second-order valence-electron chi connectivity index (χ2n) is 4.97. The van der Waals surface area contributed by atoms with Gasteiger partial charge in [-0.25, -0.2) is 0 Å². The van der Waals surface area contributed by atoms with Crippen molar-refractivity contribution in [2.24, 2.45) is 5.92 Å². The number of hydrogen-bond acceptors (Lipinski definition) is 2. The van der Waals surface area contributed by atoms with Crippen LogP contribution in [0.4, 0.5) is 0 Å². The fourth-order valence-corrected chi connectivity index (χ4v) is 1.77. The summed E-state index contributed by atoms with van der Waals surface area (Å²) in [6.45, 7) is 10.8. The Hall–Kier alpha value is -1.31. The molecule has 0 aliphatic carbocycles. The molecule has 0 amide bonds. The molecular formula is C18H30O2. The molecule has 0 heterocycles. The summed E-state index contributed by atoms with van der Waals surface area (Å²) in [5.41, 5.74) is 1.25. The zero-order valence-electron chi connectivity index (χ0n) is 13.7. The number of ketones is 1. The maximum atomic E-state index is 11.5. The number of hydrogen-bond donors (Lipinski definition) is 0. The fourth-order valence-electron chi connectivity index (χ4n) is 1.77. The van der Waals surface area contributed by atoms with Gasteiger partial charge in [-0.1, -0.05) is 46.8 Å². The van der Waals surface area contributed by atoms with Crippen LogP contribution in [0.2, 0.25) is 0 Å². The molecule has 0 saturated carbocycles. The Bertz CT molecular complexity index is 369. The number of benzene rings is 1. The van der Waals surface area contributed by atoms with Crippen LogP contribution in [-0.4, -0.2) is 12.4 Å². The zero-order valence-corrected chi connectivity index (χ0v) is 13.7. The molecule has 1 aromatic rings. The maximum absolute atomic E-state index is 11.5. The molecule has 1 rings (SSSR count). The highest BCUT2D eigenvalue weighted by molar-refractivity contribution is 5.80. The Morgan fingerprint density at radius 2 is 1.95 bits per heavy atom. The van der Waals surface area contributed by atoms with Gasteiger partial charge < -0.3 is 4.74 Å². The normalized spacial score (nSPS) is 9.90. The average molecular weight is 278 g/mol. The molecule has 0 aliphatic rings. The van der Waals surface area contributed by atoms with Gasteiger partial charge in [0.2, 0.25) is 0 Å². The third kappa shape index (κ3) is 7.98. The standard InChI is InChI=1S/C16H24O2.C2H6/c1-4-11-18-15-9-5-7-14(12-15)8-6-10-16(17)13(2)3;1-2/h5,7,9,12-13H,4,6,8,10-11H2,1-3H3;1-2H3. The van der Waals surface area contributed by atoms with E-state index >= 15 is 0 Å². The summed E-state index contributed by atoms with van der Waals surface area (Å²) in [6.07, 6.45) is 3.57. The Kier molecular flexibility index (Phi) is 10.8. The van der Waals surface area contributed by atoms with E-state index in [4.69, 9.17) is 4.74 Å². The first-order valence-electron chi connectivity index (χ1n) is 7.88. The quantitative estimate of drug-likeness (QED) is 0.665. The maximum Gasteiger partial charge on any atom is 0.135 e. The molecule has 0 radical (unpaired) electrons. The lowest BCUT2D eigenvalue weighted by molar-refractivity contribution is -0.121. The van der Waals surface area contributed by atoms with E-state index in [2.05, 4.69) is 19.1 Å². The first-order chi connectivity index (χ1) is 9.63. The van der Waals surface area contributed by atoms with E-state index in [9.17, 15) is 4.79 Å². The minimum atomic E-state index is 0.157. The first kappa shape index (κ1) is 18.7. The molecule has 2 heteroatoms. The largest absolute Gasteiger partial charge is 0.494 e. The van der Waals surface area contributed by atoms with Gasteiger partial charge in [0, 0.05) is 12.3 Å². The molecule has 0 bridgehead atoms. The molecule has 1 aromatic carbocycles. The number of rotatable bonds is 8. The number of Topliss-reactive ketones (excluding diaryl/α,β-unsaturated/α-hetero) is 1. The van der Waals surface area contributed by atoms with Crippen molar-refractivity contribution in [3.05, 3.63) is 29.8 Å². The van der Waals surface area contributed by atoms with Crippen molar-refractivity contribution in [2.45, 2.75) is 60.3 Å². The van der Waals surface area contributed by atoms with Gasteiger partial charge in [-0.05, 0) is 37.0 Å². The lowest BCUT2D eigenvalue weighted by Crippen LogP contribution is -2.06. The Morgan fingerprint density at radius 1 is 1.25 bits per heavy atom. The predicted octanol–water partition coefficient (Wildman–Crippen LogP) is 5.05. The third-order valence-electron chi connectivity index (χ3n) is 2.90. The highest BCUT2D eigenvalue weighted by Crippen LogP contribution is 2.16. The molecule has 0 aliphatic heterocycles. The number of aryl methyl sites for hydroxylation is 1. The fraction of sp³-hybridized carbons (Fsp3) is 0.611. The van der Waals surface area contributed by atoms with Crippen LogP contribution in [0.15, 0.2) is 24.3 Å². The van der Waals surface area contributed by atoms with E-state index in [1.165, 1.54) is 5.56 Å². The van der Waals surface area contributed by atoms with Crippen LogP contribution < -0.4 is 4.74 Å². The Labute approximate surface area is 124 Å². The minimum Gasteiger partial charge on any atom is -0.494 e. The molecule has 0 fully saturated rings. The van der Waals surface area contributed by atoms with Gasteiger partial charge in [-0.3, -0.25) is 4.79 Å². The topological polar surface area (TPSA) is 26.3 Å². The van der Waals surface area contributed by atoms with E-state index in [1.807, 2.05) is 39.8 Å². The summed E-state index contributed by atoms with van der Waals surface area (Å²) < 4.78 is 5.59. The van der Waals surface area contributed by atoms with E-state index in [1.54, 1.807) is 0 Å². The van der Waals surface area contributed by atoms with Gasteiger partial charge in [-0.2, -0.15) is 0 Å². The molecule has 2 nitrogen and oxygen atoms in total. The van der Waals surface area contributed by atoms with Crippen molar-refractivity contribution in [1.29, 1.82) is 0 Å². The zero-order chi connectivity index (χ0) is 15.4. The van der Waals surface area contributed by atoms with Gasteiger partial charge in [0.15, 0.2) is 0 Å². The van der Waals surface area contributed by atoms with E-state index < -0.39 is 0 Å². The summed E-state index contributed by atoms with van der Waals surface area (Å²) in [7, 11) is 0. The lowest BCUT2D eigenvalue weighted by atomic mass is 10.0. The summed E-state index contributed by atoms with van der Waals surface area (Å²) in [5.74, 6) is 1.45. The minimum absolute atomic E-state index is 0.157. The molecule has 114 valence electrons. The van der Waals surface area contributed by atoms with Crippen molar-refractivity contribution >= 4 is 5.78 Å². The SMILES string of the molecule is CC.CCCOc1cccc(CCCC(=O)C(C)C)c1. The lowest BCUT2D eigenvalue weighted by Gasteiger charge is -2.07. The van der Waals surface area contributed by atoms with E-state index in [0.717, 1.165) is 31.6 Å². The highest BCUT2D eigenvalue weighted by Gasteiger charge is 2.06. The summed E-state index contributed by atoms with van der Waals surface area (Å²) in [4.78, 5) is 11.5. The summed E-state index contributed by atoms with van der Waals surface area (Å²) in [6, 6.07) is 8.18. The second-order valence-corrected chi connectivity index (χ2v) is 4.97. The number of carbonyl (C=O) groups is 1. The molecule has 20 heavy (non-hydrogen) atoms. The van der Waals surface area contributed by atoms with Gasteiger partial charge in [0.1, 0.15) is 11.5 Å². The van der Waals surface area contributed by atoms with Gasteiger partial charge in [0.05, 0.1) is 6.61 Å².